The molecule has 1 aliphatic carbocycles. The summed E-state index contributed by atoms with van der Waals surface area (Å²) in [7, 11) is 0. The van der Waals surface area contributed by atoms with Crippen LogP contribution in [-0.2, 0) is 12.8 Å². The fourth-order valence-corrected chi connectivity index (χ4v) is 3.58. The van der Waals surface area contributed by atoms with Crippen LogP contribution in [-0.4, -0.2) is 52.5 Å². The van der Waals surface area contributed by atoms with Gasteiger partial charge in [0.05, 0.1) is 6.04 Å². The van der Waals surface area contributed by atoms with Crippen LogP contribution in [0, 0.1) is 0 Å². The van der Waals surface area contributed by atoms with Gasteiger partial charge < -0.3 is 5.43 Å². The zero-order valence-corrected chi connectivity index (χ0v) is 11.1. The van der Waals surface area contributed by atoms with Gasteiger partial charge in [-0.2, -0.15) is 0 Å². The van der Waals surface area contributed by atoms with E-state index in [1.165, 1.54) is 30.8 Å². The topological polar surface area (TPSA) is 70.3 Å². The van der Waals surface area contributed by atoms with Crippen LogP contribution in [0.2, 0.25) is 0 Å². The third-order valence-electron chi connectivity index (χ3n) is 4.66. The van der Waals surface area contributed by atoms with E-state index in [0.717, 1.165) is 44.1 Å². The third-order valence-corrected chi connectivity index (χ3v) is 4.66. The van der Waals surface area contributed by atoms with Gasteiger partial charge in [0.25, 0.3) is 0 Å². The van der Waals surface area contributed by atoms with Gasteiger partial charge in [0.1, 0.15) is 11.6 Å². The number of rotatable bonds is 2. The molecule has 0 saturated carbocycles. The van der Waals surface area contributed by atoms with Crippen molar-refractivity contribution in [2.45, 2.75) is 25.3 Å². The van der Waals surface area contributed by atoms with Crippen molar-refractivity contribution in [2.24, 2.45) is 5.84 Å². The van der Waals surface area contributed by atoms with Crippen molar-refractivity contribution < 1.29 is 0 Å². The average Bonchev–Trinajstić information content (AvgIpc) is 2.95. The van der Waals surface area contributed by atoms with Gasteiger partial charge in [-0.25, -0.2) is 15.8 Å². The Labute approximate surface area is 113 Å². The summed E-state index contributed by atoms with van der Waals surface area (Å²) >= 11 is 0. The minimum atomic E-state index is 0.348. The molecule has 0 radical (unpaired) electrons. The van der Waals surface area contributed by atoms with Gasteiger partial charge in [-0.1, -0.05) is 0 Å². The number of nitrogens with two attached hydrogens (primary N) is 1. The summed E-state index contributed by atoms with van der Waals surface area (Å²) in [5.41, 5.74) is 5.20. The molecule has 3 saturated heterocycles. The number of hydrogen-bond donors (Lipinski definition) is 2. The number of hydrazine groups is 1. The molecule has 4 heterocycles. The SMILES string of the molecule is NNc1nc(C2CN3CCN2CC3)nc2c1CCC2. The monoisotopic (exact) mass is 260 g/mol. The molecule has 1 aromatic heterocycles. The Morgan fingerprint density at radius 1 is 1.11 bits per heavy atom. The molecule has 3 fully saturated rings. The molecule has 0 amide bonds. The van der Waals surface area contributed by atoms with E-state index in [9.17, 15) is 0 Å². The molecule has 2 bridgehead atoms. The highest BCUT2D eigenvalue weighted by Gasteiger charge is 2.35. The van der Waals surface area contributed by atoms with Gasteiger partial charge in [0, 0.05) is 44.0 Å². The van der Waals surface area contributed by atoms with Crippen LogP contribution in [0.5, 0.6) is 0 Å². The van der Waals surface area contributed by atoms with Crippen LogP contribution in [0.25, 0.3) is 0 Å². The Hall–Kier alpha value is -1.24. The minimum Gasteiger partial charge on any atom is -0.308 e. The number of hydrogen-bond acceptors (Lipinski definition) is 6. The number of nitrogens with one attached hydrogen (secondary N) is 1. The summed E-state index contributed by atoms with van der Waals surface area (Å²) in [4.78, 5) is 14.5. The van der Waals surface area contributed by atoms with E-state index in [2.05, 4.69) is 20.2 Å². The molecule has 1 atom stereocenters. The van der Waals surface area contributed by atoms with E-state index in [4.69, 9.17) is 10.8 Å². The Balaban J connectivity index is 1.71. The molecule has 4 aliphatic rings. The van der Waals surface area contributed by atoms with Crippen molar-refractivity contribution >= 4 is 5.82 Å². The van der Waals surface area contributed by atoms with Crippen molar-refractivity contribution in [3.05, 3.63) is 17.1 Å². The number of aromatic nitrogens is 2. The largest absolute Gasteiger partial charge is 0.308 e. The Morgan fingerprint density at radius 2 is 1.95 bits per heavy atom. The highest BCUT2D eigenvalue weighted by Crippen LogP contribution is 2.31. The minimum absolute atomic E-state index is 0.348. The average molecular weight is 260 g/mol. The van der Waals surface area contributed by atoms with Crippen molar-refractivity contribution in [1.29, 1.82) is 0 Å². The van der Waals surface area contributed by atoms with E-state index in [-0.39, 0.29) is 0 Å². The second kappa shape index (κ2) is 4.40. The maximum atomic E-state index is 5.63. The highest BCUT2D eigenvalue weighted by molar-refractivity contribution is 5.48. The third kappa shape index (κ3) is 1.82. The van der Waals surface area contributed by atoms with E-state index in [1.54, 1.807) is 0 Å². The van der Waals surface area contributed by atoms with Crippen LogP contribution >= 0.6 is 0 Å². The van der Waals surface area contributed by atoms with Crippen LogP contribution in [0.15, 0.2) is 0 Å². The van der Waals surface area contributed by atoms with Gasteiger partial charge in [-0.3, -0.25) is 9.80 Å². The molecule has 6 heteroatoms. The predicted octanol–water partition coefficient (Wildman–Crippen LogP) is -0.0768. The van der Waals surface area contributed by atoms with Gasteiger partial charge in [0.2, 0.25) is 0 Å². The number of nitrogens with zero attached hydrogens (tertiary/aromatic N) is 4. The lowest BCUT2D eigenvalue weighted by molar-refractivity contribution is 0.00862. The number of fused-ring (bicyclic) bond motifs is 4. The van der Waals surface area contributed by atoms with E-state index < -0.39 is 0 Å². The van der Waals surface area contributed by atoms with Crippen molar-refractivity contribution in [2.75, 3.05) is 38.1 Å². The smallest absolute Gasteiger partial charge is 0.149 e. The molecule has 0 spiro atoms. The second-order valence-corrected chi connectivity index (χ2v) is 5.71. The molecular formula is C13H20N6. The predicted molar refractivity (Wildman–Crippen MR) is 72.6 cm³/mol. The molecule has 1 aromatic rings. The Morgan fingerprint density at radius 3 is 2.63 bits per heavy atom. The van der Waals surface area contributed by atoms with Crippen LogP contribution in [0.4, 0.5) is 5.82 Å². The van der Waals surface area contributed by atoms with E-state index >= 15 is 0 Å². The van der Waals surface area contributed by atoms with Crippen LogP contribution < -0.4 is 11.3 Å². The Kier molecular flexibility index (Phi) is 2.68. The second-order valence-electron chi connectivity index (χ2n) is 5.71. The first kappa shape index (κ1) is 11.6. The van der Waals surface area contributed by atoms with Crippen LogP contribution in [0.3, 0.4) is 0 Å². The first-order chi connectivity index (χ1) is 9.35. The standard InChI is InChI=1S/C13H20N6/c14-17-12-9-2-1-3-10(9)15-13(16-12)11-8-18-4-6-19(11)7-5-18/h11H,1-8,14H2,(H,15,16,17). The summed E-state index contributed by atoms with van der Waals surface area (Å²) < 4.78 is 0. The number of nitrogen functional groups attached to an aromatic ring is 1. The maximum absolute atomic E-state index is 5.63. The first-order valence-electron chi connectivity index (χ1n) is 7.18. The molecular weight excluding hydrogens is 240 g/mol. The maximum Gasteiger partial charge on any atom is 0.149 e. The molecule has 5 rings (SSSR count). The van der Waals surface area contributed by atoms with Crippen molar-refractivity contribution in [3.8, 4) is 0 Å². The first-order valence-corrected chi connectivity index (χ1v) is 7.18. The molecule has 3 aliphatic heterocycles. The number of anilines is 1. The summed E-state index contributed by atoms with van der Waals surface area (Å²) in [5.74, 6) is 7.43. The molecule has 19 heavy (non-hydrogen) atoms. The van der Waals surface area contributed by atoms with Gasteiger partial charge in [-0.15, -0.1) is 0 Å². The summed E-state index contributed by atoms with van der Waals surface area (Å²) in [5, 5.41) is 0. The van der Waals surface area contributed by atoms with Gasteiger partial charge >= 0.3 is 0 Å². The number of piperazine rings is 3. The summed E-state index contributed by atoms with van der Waals surface area (Å²) in [6, 6.07) is 0.348. The Bertz CT molecular complexity index is 494. The van der Waals surface area contributed by atoms with Gasteiger partial charge in [-0.05, 0) is 19.3 Å². The molecule has 1 unspecified atom stereocenters. The zero-order valence-electron chi connectivity index (χ0n) is 11.1. The molecule has 102 valence electrons. The lowest BCUT2D eigenvalue weighted by Crippen LogP contribution is -2.57. The molecule has 3 N–H and O–H groups in total. The lowest BCUT2D eigenvalue weighted by Gasteiger charge is -2.46. The molecule has 0 aromatic carbocycles. The van der Waals surface area contributed by atoms with E-state index in [1.807, 2.05) is 0 Å². The molecule has 6 nitrogen and oxygen atoms in total. The fraction of sp³-hybridized carbons (Fsp3) is 0.692. The van der Waals surface area contributed by atoms with Gasteiger partial charge in [0.15, 0.2) is 0 Å². The van der Waals surface area contributed by atoms with E-state index in [0.29, 0.717) is 6.04 Å². The van der Waals surface area contributed by atoms with Crippen LogP contribution in [0.1, 0.15) is 29.5 Å². The quantitative estimate of drug-likeness (QED) is 0.573. The van der Waals surface area contributed by atoms with Crippen molar-refractivity contribution in [1.82, 2.24) is 19.8 Å². The van der Waals surface area contributed by atoms with Crippen molar-refractivity contribution in [3.63, 3.8) is 0 Å². The zero-order chi connectivity index (χ0) is 12.8. The normalized spacial score (nSPS) is 32.4. The fourth-order valence-electron chi connectivity index (χ4n) is 3.58. The highest BCUT2D eigenvalue weighted by atomic mass is 15.4. The number of aryl methyl sites for hydroxylation is 1. The lowest BCUT2D eigenvalue weighted by atomic mass is 10.1. The summed E-state index contributed by atoms with van der Waals surface area (Å²) in [6.07, 6.45) is 3.29. The summed E-state index contributed by atoms with van der Waals surface area (Å²) in [6.45, 7) is 5.70.